The molecule has 8 heteroatoms. The van der Waals surface area contributed by atoms with Gasteiger partial charge in [0.25, 0.3) is 0 Å². The maximum Gasteiger partial charge on any atom is 0.238 e. The lowest BCUT2D eigenvalue weighted by Crippen LogP contribution is -2.22. The normalized spacial score (nSPS) is 12.0. The van der Waals surface area contributed by atoms with Crippen molar-refractivity contribution in [2.45, 2.75) is 17.3 Å². The van der Waals surface area contributed by atoms with Gasteiger partial charge in [-0.3, -0.25) is 4.79 Å². The second-order valence-corrected chi connectivity index (χ2v) is 7.41. The monoisotopic (exact) mass is 362 g/mol. The van der Waals surface area contributed by atoms with Crippen LogP contribution in [0, 0.1) is 11.3 Å². The quantitative estimate of drug-likeness (QED) is 0.679. The number of aromatic amines is 1. The smallest absolute Gasteiger partial charge is 0.238 e. The van der Waals surface area contributed by atoms with Gasteiger partial charge in [0.05, 0.1) is 21.8 Å². The first-order valence-corrected chi connectivity index (χ1v) is 8.81. The summed E-state index contributed by atoms with van der Waals surface area (Å²) in [7, 11) is 0. The minimum absolute atomic E-state index is 0.174. The van der Waals surface area contributed by atoms with Crippen LogP contribution in [0.4, 0.5) is 5.00 Å². The van der Waals surface area contributed by atoms with E-state index in [9.17, 15) is 4.79 Å². The molecule has 2 aromatic heterocycles. The predicted molar refractivity (Wildman–Crippen MR) is 94.1 cm³/mol. The number of nitrogens with zero attached hydrogens (tertiary/aromatic N) is 2. The van der Waals surface area contributed by atoms with Crippen LogP contribution in [-0.4, -0.2) is 21.1 Å². The highest BCUT2D eigenvalue weighted by Crippen LogP contribution is 2.27. The Hall–Kier alpha value is -2.01. The molecule has 0 unspecified atom stereocenters. The van der Waals surface area contributed by atoms with Gasteiger partial charge in [-0.1, -0.05) is 23.4 Å². The van der Waals surface area contributed by atoms with E-state index in [-0.39, 0.29) is 11.2 Å². The number of carbonyl (C=O) groups is 1. The Morgan fingerprint density at radius 2 is 2.35 bits per heavy atom. The number of benzene rings is 1. The fraction of sp³-hybridized carbons (Fsp3) is 0.133. The molecule has 0 saturated heterocycles. The van der Waals surface area contributed by atoms with Crippen molar-refractivity contribution in [1.29, 1.82) is 5.26 Å². The first-order valence-electron chi connectivity index (χ1n) is 6.67. The number of rotatable bonds is 4. The Kier molecular flexibility index (Phi) is 4.57. The third kappa shape index (κ3) is 3.50. The van der Waals surface area contributed by atoms with E-state index in [1.54, 1.807) is 30.5 Å². The summed E-state index contributed by atoms with van der Waals surface area (Å²) in [5, 5.41) is 15.0. The molecule has 1 amide bonds. The van der Waals surface area contributed by atoms with Crippen molar-refractivity contribution in [3.05, 3.63) is 40.2 Å². The van der Waals surface area contributed by atoms with Gasteiger partial charge in [0.2, 0.25) is 5.91 Å². The first-order chi connectivity index (χ1) is 11.1. The van der Waals surface area contributed by atoms with Crippen LogP contribution in [-0.2, 0) is 4.79 Å². The number of imidazole rings is 1. The third-order valence-corrected chi connectivity index (χ3v) is 5.15. The number of halogens is 1. The molecule has 0 fully saturated rings. The van der Waals surface area contributed by atoms with Gasteiger partial charge in [-0.25, -0.2) is 4.98 Å². The minimum atomic E-state index is -0.361. The molecule has 0 aliphatic heterocycles. The maximum atomic E-state index is 12.3. The number of thioether (sulfide) groups is 1. The predicted octanol–water partition coefficient (Wildman–Crippen LogP) is 4.27. The van der Waals surface area contributed by atoms with E-state index in [2.05, 4.69) is 21.4 Å². The number of H-pyrrole nitrogens is 1. The Labute approximate surface area is 145 Å². The van der Waals surface area contributed by atoms with E-state index in [1.165, 1.54) is 23.1 Å². The van der Waals surface area contributed by atoms with Gasteiger partial charge in [-0.05, 0) is 36.6 Å². The van der Waals surface area contributed by atoms with Crippen LogP contribution in [0.25, 0.3) is 11.0 Å². The number of carbonyl (C=O) groups excluding carboxylic acids is 1. The van der Waals surface area contributed by atoms with E-state index < -0.39 is 0 Å². The Morgan fingerprint density at radius 3 is 3.13 bits per heavy atom. The summed E-state index contributed by atoms with van der Waals surface area (Å²) in [4.78, 5) is 19.8. The molecule has 3 aromatic rings. The van der Waals surface area contributed by atoms with Crippen molar-refractivity contribution in [3.63, 3.8) is 0 Å². The average Bonchev–Trinajstić information content (AvgIpc) is 3.12. The number of thiophene rings is 1. The molecule has 1 atom stereocenters. The lowest BCUT2D eigenvalue weighted by atomic mass is 10.3. The van der Waals surface area contributed by atoms with Crippen molar-refractivity contribution in [3.8, 4) is 6.07 Å². The highest BCUT2D eigenvalue weighted by Gasteiger charge is 2.18. The highest BCUT2D eigenvalue weighted by molar-refractivity contribution is 8.00. The summed E-state index contributed by atoms with van der Waals surface area (Å²) < 4.78 is 0. The number of hydrogen-bond acceptors (Lipinski definition) is 5. The minimum Gasteiger partial charge on any atom is -0.333 e. The summed E-state index contributed by atoms with van der Waals surface area (Å²) >= 11 is 8.60. The SMILES string of the molecule is C[C@@H](Sc1nc2ccc(Cl)cc2[nH]1)C(=O)Nc1sccc1C#N. The Balaban J connectivity index is 1.71. The summed E-state index contributed by atoms with van der Waals surface area (Å²) in [6.45, 7) is 1.79. The number of amides is 1. The zero-order chi connectivity index (χ0) is 16.4. The van der Waals surface area contributed by atoms with Crippen LogP contribution >= 0.6 is 34.7 Å². The van der Waals surface area contributed by atoms with Crippen LogP contribution in [0.2, 0.25) is 5.02 Å². The number of hydrogen-bond donors (Lipinski definition) is 2. The van der Waals surface area contributed by atoms with Gasteiger partial charge in [0.15, 0.2) is 5.16 Å². The topological polar surface area (TPSA) is 81.6 Å². The van der Waals surface area contributed by atoms with Crippen molar-refractivity contribution >= 4 is 56.6 Å². The number of anilines is 1. The number of fused-ring (bicyclic) bond motifs is 1. The lowest BCUT2D eigenvalue weighted by Gasteiger charge is -2.09. The van der Waals surface area contributed by atoms with Gasteiger partial charge in [0.1, 0.15) is 11.1 Å². The molecule has 0 bridgehead atoms. The summed E-state index contributed by atoms with van der Waals surface area (Å²) in [6.07, 6.45) is 0. The van der Waals surface area contributed by atoms with Crippen LogP contribution in [0.15, 0.2) is 34.8 Å². The highest BCUT2D eigenvalue weighted by atomic mass is 35.5. The maximum absolute atomic E-state index is 12.3. The average molecular weight is 363 g/mol. The molecule has 0 aliphatic carbocycles. The largest absolute Gasteiger partial charge is 0.333 e. The zero-order valence-electron chi connectivity index (χ0n) is 12.0. The molecule has 116 valence electrons. The van der Waals surface area contributed by atoms with Crippen molar-refractivity contribution in [1.82, 2.24) is 9.97 Å². The molecule has 5 nitrogen and oxygen atoms in total. The molecule has 0 aliphatic rings. The van der Waals surface area contributed by atoms with E-state index in [0.717, 1.165) is 11.0 Å². The molecular formula is C15H11ClN4OS2. The number of aromatic nitrogens is 2. The fourth-order valence-electron chi connectivity index (χ4n) is 1.94. The molecule has 2 N–H and O–H groups in total. The first kappa shape index (κ1) is 15.9. The second-order valence-electron chi connectivity index (χ2n) is 4.73. The van der Waals surface area contributed by atoms with Crippen LogP contribution in [0.3, 0.4) is 0 Å². The molecule has 23 heavy (non-hydrogen) atoms. The summed E-state index contributed by atoms with van der Waals surface area (Å²) in [6, 6.07) is 9.13. The third-order valence-electron chi connectivity index (χ3n) is 3.10. The van der Waals surface area contributed by atoms with Crippen molar-refractivity contribution in [2.24, 2.45) is 0 Å². The molecular weight excluding hydrogens is 352 g/mol. The Morgan fingerprint density at radius 1 is 1.52 bits per heavy atom. The van der Waals surface area contributed by atoms with E-state index in [0.29, 0.717) is 20.7 Å². The van der Waals surface area contributed by atoms with E-state index >= 15 is 0 Å². The van der Waals surface area contributed by atoms with Gasteiger partial charge in [-0.2, -0.15) is 5.26 Å². The van der Waals surface area contributed by atoms with Crippen molar-refractivity contribution in [2.75, 3.05) is 5.32 Å². The van der Waals surface area contributed by atoms with Gasteiger partial charge in [-0.15, -0.1) is 11.3 Å². The summed E-state index contributed by atoms with van der Waals surface area (Å²) in [5.41, 5.74) is 2.10. The van der Waals surface area contributed by atoms with E-state index in [1.807, 2.05) is 6.07 Å². The van der Waals surface area contributed by atoms with Gasteiger partial charge in [0, 0.05) is 5.02 Å². The lowest BCUT2D eigenvalue weighted by molar-refractivity contribution is -0.115. The standard InChI is InChI=1S/C15H11ClN4OS2/c1-8(13(21)20-14-9(7-17)4-5-22-14)23-15-18-11-3-2-10(16)6-12(11)19-15/h2-6,8H,1H3,(H,18,19)(H,20,21)/t8-/m1/s1. The van der Waals surface area contributed by atoms with Crippen LogP contribution in [0.5, 0.6) is 0 Å². The number of nitriles is 1. The van der Waals surface area contributed by atoms with Crippen molar-refractivity contribution < 1.29 is 4.79 Å². The molecule has 0 spiro atoms. The van der Waals surface area contributed by atoms with Crippen LogP contribution in [0.1, 0.15) is 12.5 Å². The van der Waals surface area contributed by atoms with Gasteiger partial charge < -0.3 is 10.3 Å². The fourth-order valence-corrected chi connectivity index (χ4v) is 3.68. The van der Waals surface area contributed by atoms with Gasteiger partial charge >= 0.3 is 0 Å². The molecule has 1 aromatic carbocycles. The van der Waals surface area contributed by atoms with E-state index in [4.69, 9.17) is 16.9 Å². The Bertz CT molecular complexity index is 912. The molecule has 0 saturated carbocycles. The summed E-state index contributed by atoms with van der Waals surface area (Å²) in [5.74, 6) is -0.174. The molecule has 2 heterocycles. The zero-order valence-corrected chi connectivity index (χ0v) is 14.4. The van der Waals surface area contributed by atoms with Crippen LogP contribution < -0.4 is 5.32 Å². The second kappa shape index (κ2) is 6.62. The molecule has 3 rings (SSSR count). The number of nitrogens with one attached hydrogen (secondary N) is 2. The molecule has 0 radical (unpaired) electrons.